The second-order valence-electron chi connectivity index (χ2n) is 7.94. The minimum atomic E-state index is -3.78. The Kier molecular flexibility index (Phi) is 4.58. The van der Waals surface area contributed by atoms with Crippen LogP contribution in [-0.4, -0.2) is 28.4 Å². The predicted molar refractivity (Wildman–Crippen MR) is 97.0 cm³/mol. The monoisotopic (exact) mass is 400 g/mol. The predicted octanol–water partition coefficient (Wildman–Crippen LogP) is 1.15. The Labute approximate surface area is 154 Å². The van der Waals surface area contributed by atoms with E-state index in [4.69, 9.17) is 5.14 Å². The summed E-state index contributed by atoms with van der Waals surface area (Å²) in [6.45, 7) is 4.02. The number of primary sulfonamides is 1. The van der Waals surface area contributed by atoms with Gasteiger partial charge in [-0.15, -0.1) is 0 Å². The minimum absolute atomic E-state index is 0.0291. The maximum atomic E-state index is 12.6. The van der Waals surface area contributed by atoms with Crippen LogP contribution in [-0.2, 0) is 31.4 Å². The van der Waals surface area contributed by atoms with Gasteiger partial charge in [-0.25, -0.2) is 26.7 Å². The van der Waals surface area contributed by atoms with Gasteiger partial charge in [0.25, 0.3) is 0 Å². The summed E-state index contributed by atoms with van der Waals surface area (Å²) in [5.41, 5.74) is -0.503. The van der Waals surface area contributed by atoms with E-state index < -0.39 is 25.5 Å². The molecule has 2 saturated carbocycles. The average molecular weight is 401 g/mol. The van der Waals surface area contributed by atoms with E-state index in [-0.39, 0.29) is 34.3 Å². The lowest BCUT2D eigenvalue weighted by Crippen LogP contribution is -2.45. The lowest BCUT2D eigenvalue weighted by Gasteiger charge is -2.36. The number of ketones is 1. The number of fused-ring (bicyclic) bond motifs is 2. The van der Waals surface area contributed by atoms with Crippen LogP contribution in [0.1, 0.15) is 38.7 Å². The van der Waals surface area contributed by atoms with Crippen molar-refractivity contribution in [3.05, 3.63) is 29.8 Å². The third kappa shape index (κ3) is 3.21. The molecular weight excluding hydrogens is 376 g/mol. The molecule has 0 radical (unpaired) electrons. The van der Waals surface area contributed by atoms with E-state index in [0.29, 0.717) is 18.4 Å². The van der Waals surface area contributed by atoms with Gasteiger partial charge in [0.2, 0.25) is 20.0 Å². The van der Waals surface area contributed by atoms with Gasteiger partial charge in [-0.3, -0.25) is 4.79 Å². The van der Waals surface area contributed by atoms with E-state index >= 15 is 0 Å². The number of carbonyl (C=O) groups excluding carboxylic acids is 1. The molecular formula is C17H24N2O5S2. The molecule has 1 aromatic rings. The van der Waals surface area contributed by atoms with Gasteiger partial charge in [0, 0.05) is 18.4 Å². The average Bonchev–Trinajstić information content (AvgIpc) is 2.86. The smallest absolute Gasteiger partial charge is 0.238 e. The summed E-state index contributed by atoms with van der Waals surface area (Å²) in [5, 5.41) is 5.04. The normalized spacial score (nSPS) is 27.8. The number of hydrogen-bond acceptors (Lipinski definition) is 5. The van der Waals surface area contributed by atoms with Crippen molar-refractivity contribution in [3.63, 3.8) is 0 Å². The summed E-state index contributed by atoms with van der Waals surface area (Å²) in [7, 11) is -7.44. The topological polar surface area (TPSA) is 123 Å². The summed E-state index contributed by atoms with van der Waals surface area (Å²) < 4.78 is 50.3. The quantitative estimate of drug-likeness (QED) is 0.741. The number of hydrogen-bond donors (Lipinski definition) is 2. The largest absolute Gasteiger partial charge is 0.299 e. The molecule has 0 aromatic heterocycles. The lowest BCUT2D eigenvalue weighted by molar-refractivity contribution is -0.128. The molecule has 2 aliphatic rings. The van der Waals surface area contributed by atoms with Gasteiger partial charge < -0.3 is 0 Å². The first-order valence-electron chi connectivity index (χ1n) is 8.50. The molecule has 0 amide bonds. The van der Waals surface area contributed by atoms with Crippen molar-refractivity contribution in [1.29, 1.82) is 0 Å². The number of benzene rings is 1. The van der Waals surface area contributed by atoms with Crippen LogP contribution in [0.3, 0.4) is 0 Å². The lowest BCUT2D eigenvalue weighted by atomic mass is 9.70. The van der Waals surface area contributed by atoms with Crippen LogP contribution in [0.15, 0.2) is 29.2 Å². The van der Waals surface area contributed by atoms with Gasteiger partial charge >= 0.3 is 0 Å². The molecule has 2 bridgehead atoms. The highest BCUT2D eigenvalue weighted by Gasteiger charge is 2.65. The van der Waals surface area contributed by atoms with Crippen LogP contribution in [0.25, 0.3) is 0 Å². The number of sulfonamides is 2. The number of Topliss-reactive ketones (excluding diaryl/α,β-unsaturated/α-hetero) is 1. The third-order valence-corrected chi connectivity index (χ3v) is 8.71. The second-order valence-corrected chi connectivity index (χ2v) is 11.3. The van der Waals surface area contributed by atoms with Crippen LogP contribution >= 0.6 is 0 Å². The Bertz CT molecular complexity index is 936. The number of nitrogens with two attached hydrogens (primary N) is 1. The van der Waals surface area contributed by atoms with E-state index in [1.54, 1.807) is 0 Å². The second kappa shape index (κ2) is 6.12. The van der Waals surface area contributed by atoms with Crippen molar-refractivity contribution in [1.82, 2.24) is 4.72 Å². The fourth-order valence-corrected chi connectivity index (χ4v) is 6.80. The highest BCUT2D eigenvalue weighted by atomic mass is 32.2. The first-order valence-corrected chi connectivity index (χ1v) is 11.7. The van der Waals surface area contributed by atoms with Crippen molar-refractivity contribution < 1.29 is 21.6 Å². The Balaban J connectivity index is 1.71. The molecule has 0 aliphatic heterocycles. The van der Waals surface area contributed by atoms with Gasteiger partial charge in [0.1, 0.15) is 5.78 Å². The molecule has 144 valence electrons. The molecule has 0 spiro atoms. The SMILES string of the molecule is CC1(C)[C@@H]2CC[C@@]1(CS(=O)(=O)NCc1ccc(S(N)(=O)=O)cc1)C(=O)C2. The van der Waals surface area contributed by atoms with E-state index in [2.05, 4.69) is 4.72 Å². The summed E-state index contributed by atoms with van der Waals surface area (Å²) in [6, 6.07) is 5.69. The molecule has 2 atom stereocenters. The molecule has 1 aromatic carbocycles. The molecule has 0 heterocycles. The van der Waals surface area contributed by atoms with Crippen LogP contribution < -0.4 is 9.86 Å². The van der Waals surface area contributed by atoms with Gasteiger partial charge in [-0.2, -0.15) is 0 Å². The van der Waals surface area contributed by atoms with E-state index in [1.165, 1.54) is 24.3 Å². The Morgan fingerprint density at radius 2 is 1.77 bits per heavy atom. The molecule has 9 heteroatoms. The molecule has 7 nitrogen and oxygen atoms in total. The molecule has 3 N–H and O–H groups in total. The van der Waals surface area contributed by atoms with Crippen molar-refractivity contribution in [2.75, 3.05) is 5.75 Å². The van der Waals surface area contributed by atoms with Crippen LogP contribution in [0.5, 0.6) is 0 Å². The fourth-order valence-electron chi connectivity index (χ4n) is 4.47. The zero-order chi connectivity index (χ0) is 19.4. The molecule has 3 rings (SSSR count). The van der Waals surface area contributed by atoms with Gasteiger partial charge in [-0.05, 0) is 41.9 Å². The number of carbonyl (C=O) groups is 1. The first kappa shape index (κ1) is 19.5. The summed E-state index contributed by atoms with van der Waals surface area (Å²) in [5.74, 6) is 0.120. The number of nitrogens with one attached hydrogen (secondary N) is 1. The third-order valence-electron chi connectivity index (χ3n) is 6.32. The van der Waals surface area contributed by atoms with Crippen molar-refractivity contribution >= 4 is 25.8 Å². The summed E-state index contributed by atoms with van der Waals surface area (Å²) in [6.07, 6.45) is 1.98. The fraction of sp³-hybridized carbons (Fsp3) is 0.588. The maximum absolute atomic E-state index is 12.6. The van der Waals surface area contributed by atoms with Gasteiger partial charge in [0.15, 0.2) is 0 Å². The van der Waals surface area contributed by atoms with Crippen molar-refractivity contribution in [2.45, 2.75) is 44.6 Å². The van der Waals surface area contributed by atoms with Gasteiger partial charge in [-0.1, -0.05) is 26.0 Å². The van der Waals surface area contributed by atoms with E-state index in [0.717, 1.165) is 6.42 Å². The van der Waals surface area contributed by atoms with E-state index in [9.17, 15) is 21.6 Å². The molecule has 26 heavy (non-hydrogen) atoms. The minimum Gasteiger partial charge on any atom is -0.299 e. The summed E-state index contributed by atoms with van der Waals surface area (Å²) >= 11 is 0. The van der Waals surface area contributed by atoms with Gasteiger partial charge in [0.05, 0.1) is 10.6 Å². The van der Waals surface area contributed by atoms with Crippen LogP contribution in [0.2, 0.25) is 0 Å². The Hall–Kier alpha value is -1.29. The van der Waals surface area contributed by atoms with Crippen molar-refractivity contribution in [3.8, 4) is 0 Å². The first-order chi connectivity index (χ1) is 11.9. The Morgan fingerprint density at radius 3 is 2.23 bits per heavy atom. The zero-order valence-electron chi connectivity index (χ0n) is 14.9. The van der Waals surface area contributed by atoms with Crippen LogP contribution in [0, 0.1) is 16.7 Å². The zero-order valence-corrected chi connectivity index (χ0v) is 16.5. The standard InChI is InChI=1S/C17H24N2O5S2/c1-16(2)13-7-8-17(16,15(20)9-13)11-25(21,22)19-10-12-3-5-14(6-4-12)26(18,23)24/h3-6,13,19H,7-11H2,1-2H3,(H2,18,23,24)/t13-,17-/m1/s1. The summed E-state index contributed by atoms with van der Waals surface area (Å²) in [4.78, 5) is 12.5. The molecule has 2 fully saturated rings. The molecule has 2 aliphatic carbocycles. The molecule has 0 unspecified atom stereocenters. The van der Waals surface area contributed by atoms with E-state index in [1.807, 2.05) is 13.8 Å². The molecule has 0 saturated heterocycles. The highest BCUT2D eigenvalue weighted by molar-refractivity contribution is 7.89. The number of rotatable bonds is 6. The highest BCUT2D eigenvalue weighted by Crippen LogP contribution is 2.64. The Morgan fingerprint density at radius 1 is 1.15 bits per heavy atom. The maximum Gasteiger partial charge on any atom is 0.238 e. The van der Waals surface area contributed by atoms with Crippen LogP contribution in [0.4, 0.5) is 0 Å². The van der Waals surface area contributed by atoms with Crippen molar-refractivity contribution in [2.24, 2.45) is 21.9 Å².